The van der Waals surface area contributed by atoms with E-state index in [9.17, 15) is 86.8 Å². The van der Waals surface area contributed by atoms with Gasteiger partial charge in [0.15, 0.2) is 23.0 Å². The van der Waals surface area contributed by atoms with E-state index in [1.807, 2.05) is 0 Å². The third-order valence-electron chi connectivity index (χ3n) is 6.53. The number of hydrogen-bond donors (Lipinski definition) is 17. The number of benzene rings is 1. The molecule has 0 spiro atoms. The second-order valence-corrected chi connectivity index (χ2v) is 9.10. The molecule has 0 aliphatic heterocycles. The van der Waals surface area contributed by atoms with Crippen LogP contribution in [0, 0.1) is 0 Å². The molecule has 1 atom stereocenters. The Labute approximate surface area is 204 Å². The number of nitrogens with zero attached hydrogens (tertiary/aromatic N) is 1. The van der Waals surface area contributed by atoms with Crippen LogP contribution in [-0.4, -0.2) is 147 Å². The molecular weight excluding hydrogens is 526 g/mol. The van der Waals surface area contributed by atoms with Gasteiger partial charge in [-0.3, -0.25) is 0 Å². The third kappa shape index (κ3) is 3.31. The highest BCUT2D eigenvalue weighted by Gasteiger charge is 2.93. The van der Waals surface area contributed by atoms with Crippen LogP contribution in [0.25, 0.3) is 0 Å². The third-order valence-corrected chi connectivity index (χ3v) is 6.88. The van der Waals surface area contributed by atoms with E-state index in [-0.39, 0.29) is 0 Å². The maximum Gasteiger partial charge on any atom is 0.314 e. The van der Waals surface area contributed by atoms with Crippen LogP contribution in [0.1, 0.15) is 12.0 Å². The van der Waals surface area contributed by atoms with Gasteiger partial charge in [0.1, 0.15) is 10.4 Å². The summed E-state index contributed by atoms with van der Waals surface area (Å²) in [5, 5.41) is 170. The van der Waals surface area contributed by atoms with Crippen LogP contribution in [0.3, 0.4) is 0 Å². The Morgan fingerprint density at radius 2 is 1.00 bits per heavy atom. The van der Waals surface area contributed by atoms with Crippen LogP contribution in [-0.2, 0) is 5.41 Å². The lowest BCUT2D eigenvalue weighted by Crippen LogP contribution is -2.97. The van der Waals surface area contributed by atoms with E-state index >= 15 is 0 Å². The van der Waals surface area contributed by atoms with E-state index < -0.39 is 86.4 Å². The first-order valence-corrected chi connectivity index (χ1v) is 9.82. The molecule has 208 valence electrons. The Bertz CT molecular complexity index is 980. The molecule has 1 aromatic carbocycles. The standard InChI is InChI=1S/C17H26ClNO17/c1-19(2)4(3-11(24,16(31,32)33)17(34,35)36)12(13(25,26)15(29,30)14(12,27)28)5-7(20)9(22)6(18)10(23)8(5)21/h4,20-36H,3H2,1-2H3. The van der Waals surface area contributed by atoms with Gasteiger partial charge in [0.2, 0.25) is 17.2 Å². The van der Waals surface area contributed by atoms with Gasteiger partial charge in [0, 0.05) is 12.5 Å². The summed E-state index contributed by atoms with van der Waals surface area (Å²) in [7, 11) is 1.66. The van der Waals surface area contributed by atoms with Crippen molar-refractivity contribution in [3.8, 4) is 23.0 Å². The van der Waals surface area contributed by atoms with Crippen molar-refractivity contribution < 1.29 is 86.8 Å². The van der Waals surface area contributed by atoms with E-state index in [0.717, 1.165) is 14.1 Å². The molecular formula is C17H26ClNO17. The molecule has 1 aliphatic carbocycles. The fraction of sp³-hybridized carbons (Fsp3) is 0.647. The lowest BCUT2D eigenvalue weighted by Gasteiger charge is -2.70. The monoisotopic (exact) mass is 551 g/mol. The van der Waals surface area contributed by atoms with Gasteiger partial charge in [-0.15, -0.1) is 0 Å². The first kappa shape index (κ1) is 30.4. The van der Waals surface area contributed by atoms with Gasteiger partial charge in [0.05, 0.1) is 5.56 Å². The minimum atomic E-state index is -4.71. The molecule has 19 heteroatoms. The number of hydrogen-bond acceptors (Lipinski definition) is 18. The van der Waals surface area contributed by atoms with E-state index in [0.29, 0.717) is 4.90 Å². The second-order valence-electron chi connectivity index (χ2n) is 8.72. The summed E-state index contributed by atoms with van der Waals surface area (Å²) in [5.41, 5.74) is -10.2. The number of phenols is 4. The smallest absolute Gasteiger partial charge is 0.314 e. The molecule has 2 rings (SSSR count). The Morgan fingerprint density at radius 1 is 0.667 bits per heavy atom. The van der Waals surface area contributed by atoms with Crippen LogP contribution in [0.2, 0.25) is 5.02 Å². The van der Waals surface area contributed by atoms with Crippen LogP contribution < -0.4 is 0 Å². The number of rotatable bonds is 7. The van der Waals surface area contributed by atoms with Gasteiger partial charge < -0.3 is 91.7 Å². The first-order chi connectivity index (χ1) is 15.7. The molecule has 0 aromatic heterocycles. The van der Waals surface area contributed by atoms with E-state index in [2.05, 4.69) is 0 Å². The number of aliphatic hydroxyl groups is 13. The van der Waals surface area contributed by atoms with Crippen molar-refractivity contribution in [1.82, 2.24) is 4.90 Å². The summed E-state index contributed by atoms with van der Waals surface area (Å²) in [5.74, 6) is -29.5. The van der Waals surface area contributed by atoms with Crippen molar-refractivity contribution in [3.05, 3.63) is 10.6 Å². The Morgan fingerprint density at radius 3 is 1.28 bits per heavy atom. The molecule has 36 heavy (non-hydrogen) atoms. The van der Waals surface area contributed by atoms with Crippen molar-refractivity contribution in [3.63, 3.8) is 0 Å². The maximum absolute atomic E-state index is 10.7. The van der Waals surface area contributed by atoms with Crippen molar-refractivity contribution in [2.75, 3.05) is 14.1 Å². The molecule has 0 radical (unpaired) electrons. The van der Waals surface area contributed by atoms with Gasteiger partial charge in [-0.25, -0.2) is 0 Å². The van der Waals surface area contributed by atoms with Crippen molar-refractivity contribution in [2.45, 2.75) is 52.8 Å². The Kier molecular flexibility index (Phi) is 6.81. The highest BCUT2D eigenvalue weighted by Crippen LogP contribution is 2.69. The zero-order valence-electron chi connectivity index (χ0n) is 18.2. The SMILES string of the molecule is CN(C)C(CC(O)(C(O)(O)O)C(O)(O)O)C1(c2c(O)c(O)c(Cl)c(O)c2O)C(O)(O)C(O)(O)C1(O)O. The molecule has 1 aliphatic rings. The second kappa shape index (κ2) is 8.07. The quantitative estimate of drug-likeness (QED) is 0.0848. The van der Waals surface area contributed by atoms with Crippen molar-refractivity contribution >= 4 is 11.6 Å². The fourth-order valence-corrected chi connectivity index (χ4v) is 4.68. The summed E-state index contributed by atoms with van der Waals surface area (Å²) in [4.78, 5) is 0.502. The van der Waals surface area contributed by atoms with Gasteiger partial charge in [-0.05, 0) is 14.1 Å². The molecule has 0 bridgehead atoms. The summed E-state index contributed by atoms with van der Waals surface area (Å²) >= 11 is 5.52. The molecule has 18 nitrogen and oxygen atoms in total. The van der Waals surface area contributed by atoms with Crippen LogP contribution in [0.15, 0.2) is 0 Å². The first-order valence-electron chi connectivity index (χ1n) is 9.44. The van der Waals surface area contributed by atoms with Crippen molar-refractivity contribution in [2.24, 2.45) is 0 Å². The average molecular weight is 552 g/mol. The number of halogens is 1. The van der Waals surface area contributed by atoms with Crippen LogP contribution in [0.5, 0.6) is 23.0 Å². The Hall–Kier alpha value is -1.85. The molecule has 1 fully saturated rings. The minimum absolute atomic E-state index is 0.502. The Balaban J connectivity index is 3.16. The topological polar surface area (TPSA) is 347 Å². The van der Waals surface area contributed by atoms with Gasteiger partial charge in [0.25, 0.3) is 5.79 Å². The predicted octanol–water partition coefficient (Wildman–Crippen LogP) is -7.23. The zero-order valence-corrected chi connectivity index (χ0v) is 19.0. The molecule has 1 aromatic rings. The lowest BCUT2D eigenvalue weighted by atomic mass is 9.45. The van der Waals surface area contributed by atoms with E-state index in [1.165, 1.54) is 0 Å². The van der Waals surface area contributed by atoms with Crippen molar-refractivity contribution in [1.29, 1.82) is 0 Å². The zero-order chi connectivity index (χ0) is 28.8. The highest BCUT2D eigenvalue weighted by molar-refractivity contribution is 6.34. The summed E-state index contributed by atoms with van der Waals surface area (Å²) in [6.07, 6.45) is -2.06. The van der Waals surface area contributed by atoms with Crippen LogP contribution >= 0.6 is 11.6 Å². The maximum atomic E-state index is 10.7. The summed E-state index contributed by atoms with van der Waals surface area (Å²) < 4.78 is 0. The lowest BCUT2D eigenvalue weighted by molar-refractivity contribution is -0.577. The minimum Gasteiger partial charge on any atom is -0.504 e. The number of phenolic OH excluding ortho intramolecular Hbond substituents is 4. The average Bonchev–Trinajstić information content (AvgIpc) is 2.69. The summed E-state index contributed by atoms with van der Waals surface area (Å²) in [6.45, 7) is 0. The number of aromatic hydroxyl groups is 4. The van der Waals surface area contributed by atoms with Crippen LogP contribution in [0.4, 0.5) is 0 Å². The highest BCUT2D eigenvalue weighted by atomic mass is 35.5. The molecule has 0 amide bonds. The van der Waals surface area contributed by atoms with Gasteiger partial charge >= 0.3 is 11.9 Å². The fourth-order valence-electron chi connectivity index (χ4n) is 4.50. The van der Waals surface area contributed by atoms with E-state index in [1.54, 1.807) is 0 Å². The predicted molar refractivity (Wildman–Crippen MR) is 107 cm³/mol. The molecule has 1 saturated carbocycles. The normalized spacial score (nSPS) is 21.8. The number of likely N-dealkylation sites (N-methyl/N-ethyl adjacent to an activating group) is 1. The molecule has 0 heterocycles. The van der Waals surface area contributed by atoms with Gasteiger partial charge in [-0.2, -0.15) is 0 Å². The molecule has 1 unspecified atom stereocenters. The molecule has 17 N–H and O–H groups in total. The van der Waals surface area contributed by atoms with E-state index in [4.69, 9.17) is 11.6 Å². The summed E-state index contributed by atoms with van der Waals surface area (Å²) in [6, 6.07) is -2.71. The van der Waals surface area contributed by atoms with Gasteiger partial charge in [-0.1, -0.05) is 11.6 Å². The largest absolute Gasteiger partial charge is 0.504 e. The molecule has 0 saturated heterocycles.